The number of aliphatic hydroxyl groups excluding tert-OH is 2. The second kappa shape index (κ2) is 11.0. The summed E-state index contributed by atoms with van der Waals surface area (Å²) in [6.45, 7) is 2.32. The zero-order valence-corrected chi connectivity index (χ0v) is 16.0. The Balaban J connectivity index is 1.37. The molecule has 6 heteroatoms. The fourth-order valence-electron chi connectivity index (χ4n) is 3.24. The van der Waals surface area contributed by atoms with Crippen molar-refractivity contribution in [1.82, 2.24) is 5.32 Å². The first-order chi connectivity index (χ1) is 13.7. The number of nitrogens with one attached hydrogen (secondary N) is 1. The van der Waals surface area contributed by atoms with Crippen LogP contribution in [-0.2, 0) is 17.7 Å². The molecule has 0 fully saturated rings. The molecule has 28 heavy (non-hydrogen) atoms. The van der Waals surface area contributed by atoms with E-state index < -0.39 is 6.10 Å². The van der Waals surface area contributed by atoms with Crippen LogP contribution in [0, 0.1) is 5.92 Å². The number of hydrogen-bond acceptors (Lipinski definition) is 6. The third kappa shape index (κ3) is 6.49. The average Bonchev–Trinajstić information content (AvgIpc) is 3.17. The lowest BCUT2D eigenvalue weighted by Gasteiger charge is -2.18. The molecule has 1 aliphatic rings. The quantitative estimate of drug-likeness (QED) is 0.518. The molecule has 0 saturated carbocycles. The van der Waals surface area contributed by atoms with Gasteiger partial charge in [0.15, 0.2) is 11.5 Å². The van der Waals surface area contributed by atoms with Gasteiger partial charge in [0.05, 0.1) is 12.7 Å². The van der Waals surface area contributed by atoms with Crippen LogP contribution < -0.4 is 14.8 Å². The van der Waals surface area contributed by atoms with E-state index in [0.717, 1.165) is 30.0 Å². The fourth-order valence-corrected chi connectivity index (χ4v) is 3.24. The van der Waals surface area contributed by atoms with E-state index in [-0.39, 0.29) is 25.9 Å². The minimum atomic E-state index is -0.566. The first-order valence-electron chi connectivity index (χ1n) is 9.74. The van der Waals surface area contributed by atoms with Crippen LogP contribution in [0.25, 0.3) is 0 Å². The average molecular weight is 387 g/mol. The predicted octanol–water partition coefficient (Wildman–Crippen LogP) is 2.12. The van der Waals surface area contributed by atoms with Crippen molar-refractivity contribution >= 4 is 0 Å². The van der Waals surface area contributed by atoms with Crippen molar-refractivity contribution in [3.63, 3.8) is 0 Å². The monoisotopic (exact) mass is 387 g/mol. The Kier molecular flexibility index (Phi) is 8.11. The summed E-state index contributed by atoms with van der Waals surface area (Å²) in [6.07, 6.45) is 0.861. The van der Waals surface area contributed by atoms with Crippen LogP contribution in [-0.4, -0.2) is 49.5 Å². The van der Waals surface area contributed by atoms with E-state index in [2.05, 4.69) is 5.32 Å². The minimum Gasteiger partial charge on any atom is -0.454 e. The van der Waals surface area contributed by atoms with E-state index in [4.69, 9.17) is 14.2 Å². The van der Waals surface area contributed by atoms with Crippen LogP contribution in [0.1, 0.15) is 17.5 Å². The van der Waals surface area contributed by atoms with Crippen molar-refractivity contribution < 1.29 is 24.4 Å². The Morgan fingerprint density at radius 1 is 1.00 bits per heavy atom. The molecule has 0 bridgehead atoms. The second-order valence-electron chi connectivity index (χ2n) is 7.08. The normalized spacial score (nSPS) is 14.8. The van der Waals surface area contributed by atoms with Gasteiger partial charge in [-0.2, -0.15) is 0 Å². The Labute approximate surface area is 166 Å². The minimum absolute atomic E-state index is 0.111. The van der Waals surface area contributed by atoms with Gasteiger partial charge in [-0.3, -0.25) is 0 Å². The van der Waals surface area contributed by atoms with Gasteiger partial charge in [-0.15, -0.1) is 0 Å². The molecule has 152 valence electrons. The number of ether oxygens (including phenoxy) is 3. The van der Waals surface area contributed by atoms with E-state index in [1.165, 1.54) is 5.56 Å². The molecule has 0 radical (unpaired) electrons. The summed E-state index contributed by atoms with van der Waals surface area (Å²) in [4.78, 5) is 0. The maximum Gasteiger partial charge on any atom is 0.231 e. The standard InChI is InChI=1S/C22H29NO5/c24-9-8-19(10-18-6-7-21-22(11-18)28-16-27-21)14-26-15-20(25)13-23-12-17-4-2-1-3-5-17/h1-7,11,19-20,23-25H,8-10,12-16H2. The topological polar surface area (TPSA) is 80.2 Å². The Morgan fingerprint density at radius 3 is 2.64 bits per heavy atom. The van der Waals surface area contributed by atoms with Crippen LogP contribution in [0.5, 0.6) is 11.5 Å². The molecule has 2 unspecified atom stereocenters. The van der Waals surface area contributed by atoms with Gasteiger partial charge < -0.3 is 29.7 Å². The van der Waals surface area contributed by atoms with Crippen LogP contribution in [0.3, 0.4) is 0 Å². The third-order valence-electron chi connectivity index (χ3n) is 4.71. The maximum atomic E-state index is 10.1. The molecule has 0 saturated heterocycles. The summed E-state index contributed by atoms with van der Waals surface area (Å²) in [7, 11) is 0. The van der Waals surface area contributed by atoms with E-state index >= 15 is 0 Å². The maximum absolute atomic E-state index is 10.1. The zero-order valence-electron chi connectivity index (χ0n) is 16.0. The van der Waals surface area contributed by atoms with Crippen molar-refractivity contribution in [1.29, 1.82) is 0 Å². The van der Waals surface area contributed by atoms with Gasteiger partial charge in [0, 0.05) is 26.3 Å². The lowest BCUT2D eigenvalue weighted by Crippen LogP contribution is -2.31. The van der Waals surface area contributed by atoms with Crippen molar-refractivity contribution in [3.8, 4) is 11.5 Å². The highest BCUT2D eigenvalue weighted by molar-refractivity contribution is 5.44. The lowest BCUT2D eigenvalue weighted by molar-refractivity contribution is 0.0178. The van der Waals surface area contributed by atoms with E-state index in [9.17, 15) is 10.2 Å². The van der Waals surface area contributed by atoms with Crippen molar-refractivity contribution in [3.05, 3.63) is 59.7 Å². The van der Waals surface area contributed by atoms with Crippen LogP contribution >= 0.6 is 0 Å². The van der Waals surface area contributed by atoms with Gasteiger partial charge in [-0.25, -0.2) is 0 Å². The summed E-state index contributed by atoms with van der Waals surface area (Å²) in [5.41, 5.74) is 2.30. The molecule has 6 nitrogen and oxygen atoms in total. The van der Waals surface area contributed by atoms with Gasteiger partial charge in [-0.05, 0) is 42.0 Å². The van der Waals surface area contributed by atoms with Crippen molar-refractivity contribution in [2.24, 2.45) is 5.92 Å². The van der Waals surface area contributed by atoms with Crippen molar-refractivity contribution in [2.75, 3.05) is 33.2 Å². The SMILES string of the molecule is OCCC(COCC(O)CNCc1ccccc1)Cc1ccc2c(c1)OCO2. The Bertz CT molecular complexity index is 709. The molecule has 0 aromatic heterocycles. The molecular formula is C22H29NO5. The van der Waals surface area contributed by atoms with Gasteiger partial charge >= 0.3 is 0 Å². The van der Waals surface area contributed by atoms with Gasteiger partial charge in [-0.1, -0.05) is 36.4 Å². The number of fused-ring (bicyclic) bond motifs is 1. The molecule has 1 heterocycles. The summed E-state index contributed by atoms with van der Waals surface area (Å²) in [5.74, 6) is 1.71. The van der Waals surface area contributed by atoms with Crippen molar-refractivity contribution in [2.45, 2.75) is 25.5 Å². The van der Waals surface area contributed by atoms with Crippen LogP contribution in [0.4, 0.5) is 0 Å². The molecule has 2 aromatic carbocycles. The largest absolute Gasteiger partial charge is 0.454 e. The first-order valence-corrected chi connectivity index (χ1v) is 9.74. The molecule has 0 spiro atoms. The molecule has 3 N–H and O–H groups in total. The predicted molar refractivity (Wildman–Crippen MR) is 106 cm³/mol. The highest BCUT2D eigenvalue weighted by Crippen LogP contribution is 2.33. The Morgan fingerprint density at radius 2 is 1.82 bits per heavy atom. The Hall–Kier alpha value is -2.12. The van der Waals surface area contributed by atoms with E-state index in [1.54, 1.807) is 0 Å². The first kappa shape index (κ1) is 20.6. The highest BCUT2D eigenvalue weighted by atomic mass is 16.7. The third-order valence-corrected chi connectivity index (χ3v) is 4.71. The summed E-state index contributed by atoms with van der Waals surface area (Å²) in [5, 5.41) is 22.7. The second-order valence-corrected chi connectivity index (χ2v) is 7.08. The van der Waals surface area contributed by atoms with Crippen LogP contribution in [0.2, 0.25) is 0 Å². The number of hydrogen-bond donors (Lipinski definition) is 3. The zero-order chi connectivity index (χ0) is 19.6. The molecular weight excluding hydrogens is 358 g/mol. The smallest absolute Gasteiger partial charge is 0.231 e. The number of benzene rings is 2. The molecule has 2 aromatic rings. The van der Waals surface area contributed by atoms with Gasteiger partial charge in [0.1, 0.15) is 0 Å². The van der Waals surface area contributed by atoms with E-state index in [1.807, 2.05) is 48.5 Å². The fraction of sp³-hybridized carbons (Fsp3) is 0.455. The summed E-state index contributed by atoms with van der Waals surface area (Å²) in [6, 6.07) is 16.0. The summed E-state index contributed by atoms with van der Waals surface area (Å²) < 4.78 is 16.5. The van der Waals surface area contributed by atoms with Gasteiger partial charge in [0.25, 0.3) is 0 Å². The number of rotatable bonds is 12. The molecule has 0 amide bonds. The highest BCUT2D eigenvalue weighted by Gasteiger charge is 2.16. The molecule has 2 atom stereocenters. The van der Waals surface area contributed by atoms with Crippen LogP contribution in [0.15, 0.2) is 48.5 Å². The van der Waals surface area contributed by atoms with Gasteiger partial charge in [0.2, 0.25) is 6.79 Å². The molecule has 1 aliphatic heterocycles. The lowest BCUT2D eigenvalue weighted by atomic mass is 9.97. The molecule has 0 aliphatic carbocycles. The molecule has 3 rings (SSSR count). The summed E-state index contributed by atoms with van der Waals surface area (Å²) >= 11 is 0. The van der Waals surface area contributed by atoms with E-state index in [0.29, 0.717) is 19.6 Å². The number of aliphatic hydroxyl groups is 2.